The minimum Gasteiger partial charge on any atom is -0.260 e. The van der Waals surface area contributed by atoms with Gasteiger partial charge in [0, 0.05) is 12.1 Å². The van der Waals surface area contributed by atoms with Crippen molar-refractivity contribution in [3.8, 4) is 0 Å². The van der Waals surface area contributed by atoms with E-state index in [-0.39, 0.29) is 5.54 Å². The van der Waals surface area contributed by atoms with Gasteiger partial charge in [0.15, 0.2) is 0 Å². The van der Waals surface area contributed by atoms with Gasteiger partial charge in [-0.2, -0.15) is 5.10 Å². The maximum atomic E-state index is 8.49. The molecule has 3 aromatic rings. The topological polar surface area (TPSA) is 136 Å². The SMILES string of the molecule is CC1=NN(c2ccc(N=Nc3sc4ccccc4[n+]3C)cc2)C(C)(C)C1.[O-][Cl+3]([O-])([O-])[O-]. The summed E-state index contributed by atoms with van der Waals surface area (Å²) in [6.07, 6.45) is 0.983. The van der Waals surface area contributed by atoms with Gasteiger partial charge in [-0.1, -0.05) is 12.1 Å². The Balaban J connectivity index is 0.000000491. The number of hydrogen-bond donors (Lipinski definition) is 0. The van der Waals surface area contributed by atoms with Crippen molar-refractivity contribution in [2.24, 2.45) is 22.4 Å². The Morgan fingerprint density at radius 3 is 2.19 bits per heavy atom. The first-order chi connectivity index (χ1) is 14.4. The highest BCUT2D eigenvalue weighted by Crippen LogP contribution is 2.33. The molecular weight excluding hydrogens is 442 g/mol. The molecule has 4 rings (SSSR count). The minimum atomic E-state index is -4.94. The van der Waals surface area contributed by atoms with Crippen LogP contribution in [0, 0.1) is 10.2 Å². The summed E-state index contributed by atoms with van der Waals surface area (Å²) >= 11 is 1.64. The van der Waals surface area contributed by atoms with Crippen LogP contribution in [0.2, 0.25) is 0 Å². The molecule has 31 heavy (non-hydrogen) atoms. The number of para-hydroxylation sites is 1. The summed E-state index contributed by atoms with van der Waals surface area (Å²) in [5.74, 6) is 0. The zero-order valence-corrected chi connectivity index (χ0v) is 19.1. The summed E-state index contributed by atoms with van der Waals surface area (Å²) in [6, 6.07) is 16.4. The first-order valence-corrected chi connectivity index (χ1v) is 11.3. The van der Waals surface area contributed by atoms with Crippen molar-refractivity contribution in [3.05, 3.63) is 48.5 Å². The van der Waals surface area contributed by atoms with Gasteiger partial charge in [-0.3, -0.25) is 5.01 Å². The van der Waals surface area contributed by atoms with Crippen LogP contribution in [0.1, 0.15) is 27.2 Å². The average molecular weight is 464 g/mol. The molecule has 0 aliphatic carbocycles. The number of halogens is 1. The van der Waals surface area contributed by atoms with Gasteiger partial charge >= 0.3 is 5.13 Å². The molecule has 0 bridgehead atoms. The van der Waals surface area contributed by atoms with Crippen molar-refractivity contribution in [2.75, 3.05) is 5.01 Å². The van der Waals surface area contributed by atoms with Crippen LogP contribution in [0.25, 0.3) is 10.2 Å². The van der Waals surface area contributed by atoms with Crippen LogP contribution >= 0.6 is 11.3 Å². The van der Waals surface area contributed by atoms with Crippen LogP contribution < -0.4 is 28.2 Å². The summed E-state index contributed by atoms with van der Waals surface area (Å²) < 4.78 is 37.3. The lowest BCUT2D eigenvalue weighted by Gasteiger charge is -2.30. The lowest BCUT2D eigenvalue weighted by atomic mass is 9.98. The van der Waals surface area contributed by atoms with Crippen LogP contribution in [0.3, 0.4) is 0 Å². The number of rotatable bonds is 3. The smallest absolute Gasteiger partial charge is 0.260 e. The number of nitrogens with zero attached hydrogens (tertiary/aromatic N) is 5. The normalized spacial score (nSPS) is 15.9. The van der Waals surface area contributed by atoms with E-state index in [1.165, 1.54) is 10.2 Å². The van der Waals surface area contributed by atoms with Gasteiger partial charge in [-0.05, 0) is 73.6 Å². The molecule has 1 aliphatic heterocycles. The molecule has 0 atom stereocenters. The summed E-state index contributed by atoms with van der Waals surface area (Å²) in [4.78, 5) is 0. The number of aryl methyl sites for hydroxylation is 1. The van der Waals surface area contributed by atoms with Crippen LogP contribution in [-0.2, 0) is 7.05 Å². The molecule has 0 fully saturated rings. The van der Waals surface area contributed by atoms with Gasteiger partial charge in [0.25, 0.3) is 0 Å². The average Bonchev–Trinajstić information content (AvgIpc) is 3.14. The van der Waals surface area contributed by atoms with Gasteiger partial charge in [0.2, 0.25) is 0 Å². The molecular formula is C20H22ClN5O4S. The molecule has 0 N–H and O–H groups in total. The second-order valence-corrected chi connectivity index (χ2v) is 9.41. The number of fused-ring (bicyclic) bond motifs is 1. The predicted octanol–water partition coefficient (Wildman–Crippen LogP) is 0.750. The van der Waals surface area contributed by atoms with Crippen LogP contribution in [0.15, 0.2) is 63.9 Å². The molecule has 164 valence electrons. The van der Waals surface area contributed by atoms with Crippen molar-refractivity contribution in [2.45, 2.75) is 32.7 Å². The lowest BCUT2D eigenvalue weighted by Crippen LogP contribution is -2.68. The van der Waals surface area contributed by atoms with E-state index >= 15 is 0 Å². The number of hydrogen-bond acceptors (Lipinski definition) is 9. The zero-order chi connectivity index (χ0) is 22.8. The summed E-state index contributed by atoms with van der Waals surface area (Å²) in [5.41, 5.74) is 4.27. The Kier molecular flexibility index (Phi) is 6.70. The number of aromatic nitrogens is 1. The minimum absolute atomic E-state index is 0.0119. The monoisotopic (exact) mass is 463 g/mol. The van der Waals surface area contributed by atoms with Crippen molar-refractivity contribution < 1.29 is 33.4 Å². The predicted molar refractivity (Wildman–Crippen MR) is 108 cm³/mol. The third kappa shape index (κ3) is 6.03. The van der Waals surface area contributed by atoms with Crippen LogP contribution in [0.5, 0.6) is 0 Å². The molecule has 0 amide bonds. The van der Waals surface area contributed by atoms with E-state index in [0.29, 0.717) is 0 Å². The highest BCUT2D eigenvalue weighted by atomic mass is 35.7. The largest absolute Gasteiger partial charge is 0.409 e. The fraction of sp³-hybridized carbons (Fsp3) is 0.300. The lowest BCUT2D eigenvalue weighted by molar-refractivity contribution is -2.00. The van der Waals surface area contributed by atoms with Gasteiger partial charge in [0.1, 0.15) is 11.2 Å². The first-order valence-electron chi connectivity index (χ1n) is 9.29. The second-order valence-electron chi connectivity index (χ2n) is 7.64. The number of azo groups is 1. The van der Waals surface area contributed by atoms with E-state index in [2.05, 4.69) is 69.9 Å². The van der Waals surface area contributed by atoms with E-state index in [0.717, 1.165) is 28.6 Å². The van der Waals surface area contributed by atoms with Gasteiger partial charge < -0.3 is 0 Å². The van der Waals surface area contributed by atoms with E-state index in [4.69, 9.17) is 18.6 Å². The first kappa shape index (κ1) is 23.2. The molecule has 0 saturated carbocycles. The molecule has 2 aromatic carbocycles. The molecule has 0 saturated heterocycles. The number of anilines is 1. The van der Waals surface area contributed by atoms with Gasteiger partial charge in [0.05, 0.1) is 28.1 Å². The van der Waals surface area contributed by atoms with Gasteiger partial charge in [-0.25, -0.2) is 23.2 Å². The highest BCUT2D eigenvalue weighted by Gasteiger charge is 2.33. The molecule has 9 nitrogen and oxygen atoms in total. The summed E-state index contributed by atoms with van der Waals surface area (Å²) in [7, 11) is -2.92. The van der Waals surface area contributed by atoms with E-state index < -0.39 is 10.2 Å². The van der Waals surface area contributed by atoms with Gasteiger partial charge in [-0.15, -0.1) is 10.2 Å². The second kappa shape index (κ2) is 8.95. The Morgan fingerprint density at radius 1 is 1.03 bits per heavy atom. The maximum Gasteiger partial charge on any atom is 0.409 e. The van der Waals surface area contributed by atoms with Crippen molar-refractivity contribution in [3.63, 3.8) is 0 Å². The third-order valence-electron chi connectivity index (χ3n) is 4.59. The molecule has 11 heteroatoms. The van der Waals surface area contributed by atoms with Crippen LogP contribution in [0.4, 0.5) is 16.5 Å². The molecule has 0 unspecified atom stereocenters. The van der Waals surface area contributed by atoms with Crippen LogP contribution in [-0.4, -0.2) is 11.3 Å². The number of hydrazone groups is 1. The molecule has 0 spiro atoms. The third-order valence-corrected chi connectivity index (χ3v) is 5.70. The van der Waals surface area contributed by atoms with E-state index in [1.54, 1.807) is 11.3 Å². The fourth-order valence-electron chi connectivity index (χ4n) is 3.39. The fourth-order valence-corrected chi connectivity index (χ4v) is 4.36. The molecule has 2 heterocycles. The molecule has 0 radical (unpaired) electrons. The quantitative estimate of drug-likeness (QED) is 0.417. The van der Waals surface area contributed by atoms with Crippen molar-refractivity contribution >= 4 is 43.8 Å². The highest BCUT2D eigenvalue weighted by molar-refractivity contribution is 7.21. The zero-order valence-electron chi connectivity index (χ0n) is 17.5. The molecule has 1 aromatic heterocycles. The Hall–Kier alpha value is -2.47. The summed E-state index contributed by atoms with van der Waals surface area (Å²) in [5, 5.41) is 16.5. The Morgan fingerprint density at radius 2 is 1.65 bits per heavy atom. The summed E-state index contributed by atoms with van der Waals surface area (Å²) in [6.45, 7) is 6.50. The standard InChI is InChI=1S/C20H22N5S.ClHO4/c1-14-13-20(2,3)25(23-14)16-11-9-15(10-12-16)21-22-19-24(4)17-7-5-6-8-18(17)26-19;2-1(3,4)5/h5-12H,13H2,1-4H3;(H,2,3,4,5)/q+1;/p-1. The van der Waals surface area contributed by atoms with E-state index in [1.807, 2.05) is 31.3 Å². The Bertz CT molecular complexity index is 1120. The number of thiazole rings is 1. The molecule has 1 aliphatic rings. The Labute approximate surface area is 186 Å². The van der Waals surface area contributed by atoms with Crippen molar-refractivity contribution in [1.82, 2.24) is 0 Å². The van der Waals surface area contributed by atoms with Crippen molar-refractivity contribution in [1.29, 1.82) is 0 Å². The van der Waals surface area contributed by atoms with E-state index in [9.17, 15) is 0 Å². The number of benzene rings is 2. The maximum absolute atomic E-state index is 8.49.